The maximum Gasteiger partial charge on any atom is 0.318 e. The van der Waals surface area contributed by atoms with Gasteiger partial charge in [0.1, 0.15) is 5.75 Å². The minimum atomic E-state index is -0.110. The van der Waals surface area contributed by atoms with E-state index in [9.17, 15) is 4.79 Å². The highest BCUT2D eigenvalue weighted by Crippen LogP contribution is 2.30. The number of aryl methyl sites for hydroxylation is 1. The van der Waals surface area contributed by atoms with Crippen molar-refractivity contribution in [2.24, 2.45) is 0 Å². The van der Waals surface area contributed by atoms with Gasteiger partial charge in [-0.1, -0.05) is 17.3 Å². The Balaban J connectivity index is 1.60. The number of urea groups is 1. The molecule has 7 heteroatoms. The Bertz CT molecular complexity index is 731. The standard InChI is InChI=1S/C18H24N4O3/c1-12(10-14-6-4-7-15(11-14)24-3)19-18(23)22-9-5-8-16(22)17-20-13(2)25-21-17/h4,6-7,11-12,16H,5,8-10H2,1-3H3,(H,19,23). The van der Waals surface area contributed by atoms with Gasteiger partial charge in [0.25, 0.3) is 0 Å². The first kappa shape index (κ1) is 17.3. The van der Waals surface area contributed by atoms with Crippen molar-refractivity contribution < 1.29 is 14.1 Å². The van der Waals surface area contributed by atoms with Crippen molar-refractivity contribution in [3.05, 3.63) is 41.5 Å². The summed E-state index contributed by atoms with van der Waals surface area (Å²) in [5, 5.41) is 7.05. The van der Waals surface area contributed by atoms with E-state index in [1.54, 1.807) is 18.9 Å². The van der Waals surface area contributed by atoms with Crippen LogP contribution < -0.4 is 10.1 Å². The maximum atomic E-state index is 12.7. The van der Waals surface area contributed by atoms with E-state index in [1.807, 2.05) is 31.2 Å². The minimum Gasteiger partial charge on any atom is -0.497 e. The summed E-state index contributed by atoms with van der Waals surface area (Å²) >= 11 is 0. The highest BCUT2D eigenvalue weighted by Gasteiger charge is 2.33. The molecule has 0 aliphatic carbocycles. The monoisotopic (exact) mass is 344 g/mol. The molecule has 0 spiro atoms. The summed E-state index contributed by atoms with van der Waals surface area (Å²) in [5.41, 5.74) is 1.12. The zero-order chi connectivity index (χ0) is 17.8. The lowest BCUT2D eigenvalue weighted by Gasteiger charge is -2.25. The van der Waals surface area contributed by atoms with Crippen molar-refractivity contribution in [3.63, 3.8) is 0 Å². The second-order valence-electron chi connectivity index (χ2n) is 6.43. The summed E-state index contributed by atoms with van der Waals surface area (Å²) < 4.78 is 10.3. The van der Waals surface area contributed by atoms with Gasteiger partial charge < -0.3 is 19.5 Å². The molecule has 1 saturated heterocycles. The molecule has 2 atom stereocenters. The fourth-order valence-electron chi connectivity index (χ4n) is 3.23. The molecule has 7 nitrogen and oxygen atoms in total. The van der Waals surface area contributed by atoms with E-state index in [0.717, 1.165) is 30.6 Å². The molecule has 1 N–H and O–H groups in total. The second kappa shape index (κ2) is 7.55. The topological polar surface area (TPSA) is 80.5 Å². The van der Waals surface area contributed by atoms with Gasteiger partial charge in [-0.25, -0.2) is 4.79 Å². The molecule has 1 aliphatic rings. The van der Waals surface area contributed by atoms with Crippen LogP contribution in [-0.2, 0) is 6.42 Å². The average Bonchev–Trinajstić information content (AvgIpc) is 3.23. The molecule has 2 aromatic rings. The van der Waals surface area contributed by atoms with Crippen LogP contribution in [0.5, 0.6) is 5.75 Å². The van der Waals surface area contributed by atoms with Crippen LogP contribution in [0, 0.1) is 6.92 Å². The zero-order valence-electron chi connectivity index (χ0n) is 14.9. The van der Waals surface area contributed by atoms with Crippen molar-refractivity contribution in [2.75, 3.05) is 13.7 Å². The third kappa shape index (κ3) is 4.10. The number of amides is 2. The molecule has 0 saturated carbocycles. The van der Waals surface area contributed by atoms with Crippen LogP contribution >= 0.6 is 0 Å². The van der Waals surface area contributed by atoms with E-state index in [2.05, 4.69) is 15.5 Å². The summed E-state index contributed by atoms with van der Waals surface area (Å²) in [6.45, 7) is 4.46. The first-order chi connectivity index (χ1) is 12.1. The van der Waals surface area contributed by atoms with Crippen molar-refractivity contribution in [3.8, 4) is 5.75 Å². The van der Waals surface area contributed by atoms with Crippen LogP contribution in [0.3, 0.4) is 0 Å². The molecular weight excluding hydrogens is 320 g/mol. The third-order valence-electron chi connectivity index (χ3n) is 4.40. The number of methoxy groups -OCH3 is 1. The van der Waals surface area contributed by atoms with Crippen LogP contribution in [0.25, 0.3) is 0 Å². The van der Waals surface area contributed by atoms with E-state index in [4.69, 9.17) is 9.26 Å². The average molecular weight is 344 g/mol. The summed E-state index contributed by atoms with van der Waals surface area (Å²) in [7, 11) is 1.65. The summed E-state index contributed by atoms with van der Waals surface area (Å²) in [4.78, 5) is 18.7. The number of carbonyl (C=O) groups is 1. The molecule has 2 heterocycles. The van der Waals surface area contributed by atoms with Crippen molar-refractivity contribution in [1.29, 1.82) is 0 Å². The van der Waals surface area contributed by atoms with Gasteiger partial charge in [-0.2, -0.15) is 4.98 Å². The number of likely N-dealkylation sites (tertiary alicyclic amines) is 1. The van der Waals surface area contributed by atoms with Crippen LogP contribution in [0.4, 0.5) is 4.79 Å². The van der Waals surface area contributed by atoms with Crippen LogP contribution in [0.2, 0.25) is 0 Å². The number of benzene rings is 1. The quantitative estimate of drug-likeness (QED) is 0.902. The molecular formula is C18H24N4O3. The third-order valence-corrected chi connectivity index (χ3v) is 4.40. The van der Waals surface area contributed by atoms with E-state index in [-0.39, 0.29) is 18.1 Å². The van der Waals surface area contributed by atoms with Gasteiger partial charge in [-0.3, -0.25) is 0 Å². The molecule has 25 heavy (non-hydrogen) atoms. The van der Waals surface area contributed by atoms with Crippen molar-refractivity contribution in [2.45, 2.75) is 45.2 Å². The maximum absolute atomic E-state index is 12.7. The number of carbonyl (C=O) groups excluding carboxylic acids is 1. The molecule has 1 aromatic heterocycles. The fraction of sp³-hybridized carbons (Fsp3) is 0.500. The molecule has 1 aliphatic heterocycles. The van der Waals surface area contributed by atoms with Gasteiger partial charge in [-0.15, -0.1) is 0 Å². The molecule has 0 radical (unpaired) electrons. The number of aromatic nitrogens is 2. The fourth-order valence-corrected chi connectivity index (χ4v) is 3.23. The summed E-state index contributed by atoms with van der Waals surface area (Å²) in [6.07, 6.45) is 2.54. The second-order valence-corrected chi connectivity index (χ2v) is 6.43. The molecule has 1 aromatic carbocycles. The SMILES string of the molecule is COc1cccc(CC(C)NC(=O)N2CCCC2c2noc(C)n2)c1. The van der Waals surface area contributed by atoms with E-state index < -0.39 is 0 Å². The molecule has 3 rings (SSSR count). The molecule has 0 bridgehead atoms. The first-order valence-electron chi connectivity index (χ1n) is 8.57. The number of hydrogen-bond acceptors (Lipinski definition) is 5. The van der Waals surface area contributed by atoms with Gasteiger partial charge in [0.15, 0.2) is 5.82 Å². The largest absolute Gasteiger partial charge is 0.497 e. The normalized spacial score (nSPS) is 18.2. The van der Waals surface area contributed by atoms with Gasteiger partial charge in [-0.05, 0) is 43.9 Å². The number of ether oxygens (including phenoxy) is 1. The Morgan fingerprint density at radius 1 is 1.52 bits per heavy atom. The lowest BCUT2D eigenvalue weighted by molar-refractivity contribution is 0.186. The Labute approximate surface area is 147 Å². The lowest BCUT2D eigenvalue weighted by Crippen LogP contribution is -2.44. The smallest absolute Gasteiger partial charge is 0.318 e. The van der Waals surface area contributed by atoms with Gasteiger partial charge >= 0.3 is 6.03 Å². The number of hydrogen-bond donors (Lipinski definition) is 1. The number of nitrogens with one attached hydrogen (secondary N) is 1. The zero-order valence-corrected chi connectivity index (χ0v) is 14.9. The van der Waals surface area contributed by atoms with Gasteiger partial charge in [0.2, 0.25) is 5.89 Å². The van der Waals surface area contributed by atoms with Gasteiger partial charge in [0.05, 0.1) is 13.2 Å². The predicted octanol–water partition coefficient (Wildman–Crippen LogP) is 2.86. The molecule has 2 unspecified atom stereocenters. The van der Waals surface area contributed by atoms with E-state index in [0.29, 0.717) is 18.3 Å². The summed E-state index contributed by atoms with van der Waals surface area (Å²) in [5.74, 6) is 1.93. The number of rotatable bonds is 5. The van der Waals surface area contributed by atoms with Gasteiger partial charge in [0, 0.05) is 19.5 Å². The Morgan fingerprint density at radius 2 is 2.36 bits per heavy atom. The van der Waals surface area contributed by atoms with Crippen LogP contribution in [-0.4, -0.2) is 40.8 Å². The van der Waals surface area contributed by atoms with E-state index in [1.165, 1.54) is 0 Å². The number of nitrogens with zero attached hydrogens (tertiary/aromatic N) is 3. The molecule has 1 fully saturated rings. The Hall–Kier alpha value is -2.57. The lowest BCUT2D eigenvalue weighted by atomic mass is 10.1. The highest BCUT2D eigenvalue weighted by molar-refractivity contribution is 5.75. The highest BCUT2D eigenvalue weighted by atomic mass is 16.5. The predicted molar refractivity (Wildman–Crippen MR) is 92.4 cm³/mol. The van der Waals surface area contributed by atoms with E-state index >= 15 is 0 Å². The van der Waals surface area contributed by atoms with Crippen molar-refractivity contribution >= 4 is 6.03 Å². The van der Waals surface area contributed by atoms with Crippen molar-refractivity contribution in [1.82, 2.24) is 20.4 Å². The Kier molecular flexibility index (Phi) is 5.21. The molecule has 2 amide bonds. The Morgan fingerprint density at radius 3 is 3.08 bits per heavy atom. The first-order valence-corrected chi connectivity index (χ1v) is 8.57. The molecule has 134 valence electrons. The van der Waals surface area contributed by atoms with Crippen LogP contribution in [0.15, 0.2) is 28.8 Å². The summed E-state index contributed by atoms with van der Waals surface area (Å²) in [6, 6.07) is 7.70. The van der Waals surface area contributed by atoms with Crippen LogP contribution in [0.1, 0.15) is 43.1 Å². The minimum absolute atomic E-state index is 0.00728.